The standard InChI is InChI=1S/C34H38N6O3/c1-6-7-18-40-31-25(12-10-16-36-31)29(24-11-8-9-13-28(24)43-5)30(32(40)41)38-33(42)37-27-20-23(21-39-19-17-35-22-39)14-15-26(27)34(2,3)4/h8-17,19-20,22H,6-7,18,21H2,1-5H3,(H2,37,38,42). The molecule has 0 aliphatic carbocycles. The Labute approximate surface area is 251 Å². The molecule has 0 saturated heterocycles. The number of urea groups is 1. The average molecular weight is 579 g/mol. The van der Waals surface area contributed by atoms with Crippen molar-refractivity contribution < 1.29 is 9.53 Å². The maximum Gasteiger partial charge on any atom is 0.323 e. The van der Waals surface area contributed by atoms with Crippen LogP contribution in [-0.2, 0) is 18.5 Å². The van der Waals surface area contributed by atoms with E-state index in [9.17, 15) is 9.59 Å². The lowest BCUT2D eigenvalue weighted by Crippen LogP contribution is -2.30. The third-order valence-electron chi connectivity index (χ3n) is 7.44. The van der Waals surface area contributed by atoms with Gasteiger partial charge in [-0.05, 0) is 47.2 Å². The molecule has 3 aromatic heterocycles. The number of amides is 2. The number of nitrogens with zero attached hydrogens (tertiary/aromatic N) is 4. The van der Waals surface area contributed by atoms with E-state index >= 15 is 0 Å². The molecule has 2 amide bonds. The van der Waals surface area contributed by atoms with Gasteiger partial charge in [0, 0.05) is 53.9 Å². The first-order valence-corrected chi connectivity index (χ1v) is 14.5. The van der Waals surface area contributed by atoms with E-state index in [-0.39, 0.29) is 16.7 Å². The van der Waals surface area contributed by atoms with E-state index in [0.717, 1.165) is 29.4 Å². The van der Waals surface area contributed by atoms with Gasteiger partial charge in [0.15, 0.2) is 0 Å². The number of hydrogen-bond donors (Lipinski definition) is 2. The van der Waals surface area contributed by atoms with Crippen LogP contribution in [0.1, 0.15) is 51.7 Å². The zero-order valence-electron chi connectivity index (χ0n) is 25.3. The first-order chi connectivity index (χ1) is 20.7. The summed E-state index contributed by atoms with van der Waals surface area (Å²) in [4.78, 5) is 36.7. The molecular formula is C34H38N6O3. The van der Waals surface area contributed by atoms with E-state index in [2.05, 4.69) is 54.4 Å². The van der Waals surface area contributed by atoms with Gasteiger partial charge in [0.1, 0.15) is 17.1 Å². The second kappa shape index (κ2) is 12.5. The number of pyridine rings is 2. The van der Waals surface area contributed by atoms with Crippen molar-refractivity contribution in [3.8, 4) is 16.9 Å². The van der Waals surface area contributed by atoms with Gasteiger partial charge in [-0.1, -0.05) is 64.4 Å². The highest BCUT2D eigenvalue weighted by atomic mass is 16.5. The van der Waals surface area contributed by atoms with Gasteiger partial charge in [-0.15, -0.1) is 0 Å². The summed E-state index contributed by atoms with van der Waals surface area (Å²) >= 11 is 0. The number of nitrogens with one attached hydrogen (secondary N) is 2. The second-order valence-electron chi connectivity index (χ2n) is 11.6. The summed E-state index contributed by atoms with van der Waals surface area (Å²) in [6.07, 6.45) is 8.78. The highest BCUT2D eigenvalue weighted by Crippen LogP contribution is 2.38. The van der Waals surface area contributed by atoms with E-state index in [4.69, 9.17) is 4.74 Å². The number of rotatable bonds is 9. The lowest BCUT2D eigenvalue weighted by Gasteiger charge is -2.24. The number of carbonyl (C=O) groups excluding carboxylic acids is 1. The highest BCUT2D eigenvalue weighted by Gasteiger charge is 2.24. The lowest BCUT2D eigenvalue weighted by molar-refractivity contribution is 0.262. The van der Waals surface area contributed by atoms with Gasteiger partial charge in [-0.3, -0.25) is 9.36 Å². The Morgan fingerprint density at radius 2 is 1.84 bits per heavy atom. The Balaban J connectivity index is 1.62. The molecule has 0 atom stereocenters. The maximum absolute atomic E-state index is 14.2. The molecule has 2 aromatic carbocycles. The number of methoxy groups -OCH3 is 1. The minimum atomic E-state index is -0.510. The van der Waals surface area contributed by atoms with Crippen LogP contribution in [0.25, 0.3) is 22.2 Å². The summed E-state index contributed by atoms with van der Waals surface area (Å²) in [5.74, 6) is 0.587. The number of fused-ring (bicyclic) bond motifs is 1. The molecule has 0 saturated carbocycles. The number of imidazole rings is 1. The normalized spacial score (nSPS) is 11.5. The lowest BCUT2D eigenvalue weighted by atomic mass is 9.85. The maximum atomic E-state index is 14.2. The van der Waals surface area contributed by atoms with Crippen LogP contribution in [0.15, 0.2) is 84.3 Å². The number of unbranched alkanes of at least 4 members (excludes halogenated alkanes) is 1. The Kier molecular flexibility index (Phi) is 8.61. The van der Waals surface area contributed by atoms with Gasteiger partial charge < -0.3 is 19.9 Å². The molecule has 0 spiro atoms. The van der Waals surface area contributed by atoms with Gasteiger partial charge in [0.25, 0.3) is 5.56 Å². The molecule has 0 aliphatic rings. The van der Waals surface area contributed by atoms with Crippen molar-refractivity contribution in [2.24, 2.45) is 0 Å². The van der Waals surface area contributed by atoms with Gasteiger partial charge in [-0.2, -0.15) is 0 Å². The minimum absolute atomic E-state index is 0.172. The molecule has 2 N–H and O–H groups in total. The fourth-order valence-corrected chi connectivity index (χ4v) is 5.36. The van der Waals surface area contributed by atoms with Crippen molar-refractivity contribution in [2.75, 3.05) is 17.7 Å². The molecule has 9 heteroatoms. The minimum Gasteiger partial charge on any atom is -0.496 e. The number of para-hydroxylation sites is 1. The number of anilines is 2. The topological polar surface area (TPSA) is 103 Å². The average Bonchev–Trinajstić information content (AvgIpc) is 3.50. The number of ether oxygens (including phenoxy) is 1. The molecule has 5 rings (SSSR count). The zero-order chi connectivity index (χ0) is 30.6. The van der Waals surface area contributed by atoms with Crippen LogP contribution in [0.4, 0.5) is 16.2 Å². The smallest absolute Gasteiger partial charge is 0.323 e. The second-order valence-corrected chi connectivity index (χ2v) is 11.6. The fraction of sp³-hybridized carbons (Fsp3) is 0.294. The molecule has 0 fully saturated rings. The molecule has 0 aliphatic heterocycles. The van der Waals surface area contributed by atoms with Crippen molar-refractivity contribution in [2.45, 2.75) is 59.0 Å². The third-order valence-corrected chi connectivity index (χ3v) is 7.44. The predicted molar refractivity (Wildman–Crippen MR) is 172 cm³/mol. The third kappa shape index (κ3) is 6.30. The van der Waals surface area contributed by atoms with E-state index in [0.29, 0.717) is 41.3 Å². The quantitative estimate of drug-likeness (QED) is 0.195. The van der Waals surface area contributed by atoms with Crippen molar-refractivity contribution in [3.05, 3.63) is 101 Å². The van der Waals surface area contributed by atoms with Gasteiger partial charge in [-0.25, -0.2) is 14.8 Å². The van der Waals surface area contributed by atoms with Crippen molar-refractivity contribution in [1.82, 2.24) is 19.1 Å². The number of aryl methyl sites for hydroxylation is 1. The Bertz CT molecular complexity index is 1800. The van der Waals surface area contributed by atoms with Crippen LogP contribution in [0.3, 0.4) is 0 Å². The highest BCUT2D eigenvalue weighted by molar-refractivity contribution is 6.08. The van der Waals surface area contributed by atoms with E-state index in [1.165, 1.54) is 0 Å². The number of benzene rings is 2. The summed E-state index contributed by atoms with van der Waals surface area (Å²) in [6.45, 7) is 9.47. The zero-order valence-corrected chi connectivity index (χ0v) is 25.3. The summed E-state index contributed by atoms with van der Waals surface area (Å²) in [7, 11) is 1.59. The summed E-state index contributed by atoms with van der Waals surface area (Å²) in [6, 6.07) is 16.8. The summed E-state index contributed by atoms with van der Waals surface area (Å²) < 4.78 is 9.31. The molecule has 5 aromatic rings. The Hall–Kier alpha value is -4.92. The Morgan fingerprint density at radius 3 is 2.56 bits per heavy atom. The van der Waals surface area contributed by atoms with Crippen molar-refractivity contribution in [1.29, 1.82) is 0 Å². The SMILES string of the molecule is CCCCn1c(=O)c(NC(=O)Nc2cc(Cn3ccnc3)ccc2C(C)(C)C)c(-c2ccccc2OC)c2cccnc21. The van der Waals surface area contributed by atoms with Crippen LogP contribution in [0, 0.1) is 0 Å². The largest absolute Gasteiger partial charge is 0.496 e. The number of aromatic nitrogens is 4. The van der Waals surface area contributed by atoms with Gasteiger partial charge in [0.05, 0.1) is 13.4 Å². The van der Waals surface area contributed by atoms with Crippen LogP contribution < -0.4 is 20.9 Å². The molecular weight excluding hydrogens is 540 g/mol. The number of hydrogen-bond acceptors (Lipinski definition) is 5. The Morgan fingerprint density at radius 1 is 1.02 bits per heavy atom. The molecule has 0 radical (unpaired) electrons. The molecule has 43 heavy (non-hydrogen) atoms. The van der Waals surface area contributed by atoms with Crippen molar-refractivity contribution >= 4 is 28.4 Å². The van der Waals surface area contributed by atoms with E-state index in [1.54, 1.807) is 30.4 Å². The molecule has 0 unspecified atom stereocenters. The van der Waals surface area contributed by atoms with Gasteiger partial charge in [0.2, 0.25) is 0 Å². The molecule has 222 valence electrons. The van der Waals surface area contributed by atoms with Crippen LogP contribution >= 0.6 is 0 Å². The first kappa shape index (κ1) is 29.6. The fourth-order valence-electron chi connectivity index (χ4n) is 5.36. The monoisotopic (exact) mass is 578 g/mol. The summed E-state index contributed by atoms with van der Waals surface area (Å²) in [5.41, 5.74) is 4.10. The van der Waals surface area contributed by atoms with Crippen LogP contribution in [-0.4, -0.2) is 32.2 Å². The van der Waals surface area contributed by atoms with Gasteiger partial charge >= 0.3 is 6.03 Å². The van der Waals surface area contributed by atoms with E-state index in [1.807, 2.05) is 59.3 Å². The molecule has 0 bridgehead atoms. The first-order valence-electron chi connectivity index (χ1n) is 14.5. The van der Waals surface area contributed by atoms with Crippen molar-refractivity contribution in [3.63, 3.8) is 0 Å². The van der Waals surface area contributed by atoms with Crippen LogP contribution in [0.5, 0.6) is 5.75 Å². The molecule has 3 heterocycles. The summed E-state index contributed by atoms with van der Waals surface area (Å²) in [5, 5.41) is 6.75. The number of carbonyl (C=O) groups is 1. The van der Waals surface area contributed by atoms with Crippen LogP contribution in [0.2, 0.25) is 0 Å². The van der Waals surface area contributed by atoms with E-state index < -0.39 is 6.03 Å². The predicted octanol–water partition coefficient (Wildman–Crippen LogP) is 7.06. The molecule has 9 nitrogen and oxygen atoms in total.